The molecular formula is C29H34N5O4P. The van der Waals surface area contributed by atoms with Crippen molar-refractivity contribution in [2.45, 2.75) is 31.3 Å². The molecule has 1 aliphatic rings. The molecule has 1 saturated heterocycles. The van der Waals surface area contributed by atoms with Gasteiger partial charge in [-0.25, -0.2) is 5.01 Å². The fraction of sp³-hybridized carbons (Fsp3) is 0.310. The van der Waals surface area contributed by atoms with Crippen LogP contribution in [0.1, 0.15) is 16.7 Å². The third-order valence-corrected chi connectivity index (χ3v) is 7.47. The highest BCUT2D eigenvalue weighted by Crippen LogP contribution is 2.24. The zero-order chi connectivity index (χ0) is 27.8. The number of carbonyl (C=O) groups excluding carboxylic acids is 3. The molecule has 9 nitrogen and oxygen atoms in total. The summed E-state index contributed by atoms with van der Waals surface area (Å²) < 4.78 is 0. The first-order chi connectivity index (χ1) is 19.0. The maximum absolute atomic E-state index is 13.5. The normalized spacial score (nSPS) is 17.3. The Kier molecular flexibility index (Phi) is 9.90. The van der Waals surface area contributed by atoms with E-state index in [0.717, 1.165) is 33.9 Å². The van der Waals surface area contributed by atoms with E-state index < -0.39 is 12.2 Å². The van der Waals surface area contributed by atoms with Crippen molar-refractivity contribution in [1.29, 1.82) is 0 Å². The lowest BCUT2D eigenvalue weighted by atomic mass is 10.0. The van der Waals surface area contributed by atoms with E-state index in [9.17, 15) is 19.3 Å². The van der Waals surface area contributed by atoms with Crippen LogP contribution in [0.3, 0.4) is 0 Å². The van der Waals surface area contributed by atoms with E-state index in [2.05, 4.69) is 11.6 Å². The van der Waals surface area contributed by atoms with E-state index in [1.807, 2.05) is 66.5 Å². The molecule has 204 valence electrons. The number of aromatic nitrogens is 1. The third-order valence-electron chi connectivity index (χ3n) is 6.90. The minimum atomic E-state index is -0.756. The van der Waals surface area contributed by atoms with Crippen LogP contribution in [0, 0.1) is 0 Å². The second-order valence-electron chi connectivity index (χ2n) is 9.65. The van der Waals surface area contributed by atoms with Gasteiger partial charge in [0.2, 0.25) is 12.3 Å². The van der Waals surface area contributed by atoms with Crippen LogP contribution in [0.15, 0.2) is 73.4 Å². The number of likely N-dealkylation sites (N-methyl/N-ethyl adjacent to an activating group) is 1. The van der Waals surface area contributed by atoms with Crippen molar-refractivity contribution in [1.82, 2.24) is 24.8 Å². The molecular weight excluding hydrogens is 513 g/mol. The van der Waals surface area contributed by atoms with Gasteiger partial charge in [0.05, 0.1) is 18.1 Å². The standard InChI is InChI=1S/C29H34N5O4P/c1-3-14-32-18-28(37)34(26(19-35)15-22-9-11-23(12-10-22)20-39-38)27(33(32)21-36)17-31(2)16-25-7-4-6-24-8-5-13-30-29(24)25/h3-13,19,21,26-27,38-39H,1,14-18,20H2,2H3/t26-,27?/m0/s1. The van der Waals surface area contributed by atoms with E-state index in [-0.39, 0.29) is 21.3 Å². The summed E-state index contributed by atoms with van der Waals surface area (Å²) in [5.41, 5.74) is 3.83. The van der Waals surface area contributed by atoms with Crippen molar-refractivity contribution in [3.63, 3.8) is 0 Å². The molecule has 0 saturated carbocycles. The first-order valence-corrected chi connectivity index (χ1v) is 14.0. The van der Waals surface area contributed by atoms with Crippen molar-refractivity contribution in [3.8, 4) is 0 Å². The predicted octanol–water partition coefficient (Wildman–Crippen LogP) is 2.59. The summed E-state index contributed by atoms with van der Waals surface area (Å²) in [6, 6.07) is 16.9. The molecule has 1 fully saturated rings. The summed E-state index contributed by atoms with van der Waals surface area (Å²) in [6.07, 6.45) is 5.12. The van der Waals surface area contributed by atoms with Crippen LogP contribution in [0.25, 0.3) is 10.9 Å². The van der Waals surface area contributed by atoms with E-state index in [0.29, 0.717) is 38.6 Å². The van der Waals surface area contributed by atoms with Crippen molar-refractivity contribution in [2.24, 2.45) is 0 Å². The molecule has 1 aliphatic heterocycles. The molecule has 2 amide bonds. The molecule has 2 unspecified atom stereocenters. The Hall–Kier alpha value is -3.49. The van der Waals surface area contributed by atoms with Crippen LogP contribution in [0.2, 0.25) is 0 Å². The molecule has 0 radical (unpaired) electrons. The number of pyridine rings is 1. The molecule has 0 spiro atoms. The quantitative estimate of drug-likeness (QED) is 0.200. The first kappa shape index (κ1) is 28.5. The molecule has 0 aliphatic carbocycles. The van der Waals surface area contributed by atoms with Gasteiger partial charge in [-0.2, -0.15) is 0 Å². The summed E-state index contributed by atoms with van der Waals surface area (Å²) >= 11 is 0. The Bertz CT molecular complexity index is 1300. The van der Waals surface area contributed by atoms with Crippen molar-refractivity contribution in [2.75, 3.05) is 26.7 Å². The molecule has 2 aromatic carbocycles. The lowest BCUT2D eigenvalue weighted by Gasteiger charge is -2.50. The monoisotopic (exact) mass is 547 g/mol. The Balaban J connectivity index is 1.61. The highest BCUT2D eigenvalue weighted by Gasteiger charge is 2.42. The van der Waals surface area contributed by atoms with Crippen LogP contribution >= 0.6 is 8.81 Å². The maximum atomic E-state index is 13.5. The number of hydrazine groups is 1. The summed E-state index contributed by atoms with van der Waals surface area (Å²) in [5, 5.41) is 4.20. The van der Waals surface area contributed by atoms with E-state index in [1.54, 1.807) is 22.2 Å². The van der Waals surface area contributed by atoms with Crippen LogP contribution < -0.4 is 0 Å². The van der Waals surface area contributed by atoms with Gasteiger partial charge < -0.3 is 14.6 Å². The maximum Gasteiger partial charge on any atom is 0.241 e. The van der Waals surface area contributed by atoms with Crippen molar-refractivity contribution in [3.05, 3.63) is 90.1 Å². The molecule has 2 heterocycles. The van der Waals surface area contributed by atoms with Gasteiger partial charge >= 0.3 is 0 Å². The van der Waals surface area contributed by atoms with Gasteiger partial charge in [-0.3, -0.25) is 24.5 Å². The zero-order valence-corrected chi connectivity index (χ0v) is 23.0. The SMILES string of the molecule is C=CCN1CC(=O)N([C@H](C=O)Cc2ccc(CPO)cc2)C(CN(C)Cc2cccc3cccnc23)N1C=O. The fourth-order valence-electron chi connectivity index (χ4n) is 5.09. The molecule has 4 rings (SSSR count). The number of benzene rings is 2. The van der Waals surface area contributed by atoms with Gasteiger partial charge in [-0.15, -0.1) is 6.58 Å². The first-order valence-electron chi connectivity index (χ1n) is 12.8. The number of rotatable bonds is 13. The van der Waals surface area contributed by atoms with Crippen molar-refractivity contribution >= 4 is 38.3 Å². The Morgan fingerprint density at radius 3 is 2.59 bits per heavy atom. The Morgan fingerprint density at radius 1 is 1.15 bits per heavy atom. The lowest BCUT2D eigenvalue weighted by Crippen LogP contribution is -2.69. The van der Waals surface area contributed by atoms with E-state index in [4.69, 9.17) is 0 Å². The lowest BCUT2D eigenvalue weighted by molar-refractivity contribution is -0.186. The smallest absolute Gasteiger partial charge is 0.241 e. The second-order valence-corrected chi connectivity index (χ2v) is 10.3. The Morgan fingerprint density at radius 2 is 1.90 bits per heavy atom. The number of hydrogen-bond donors (Lipinski definition) is 1. The van der Waals surface area contributed by atoms with Crippen LogP contribution in [0.4, 0.5) is 0 Å². The summed E-state index contributed by atoms with van der Waals surface area (Å²) in [6.45, 7) is 4.93. The number of para-hydroxylation sites is 1. The molecule has 0 bridgehead atoms. The summed E-state index contributed by atoms with van der Waals surface area (Å²) in [4.78, 5) is 55.6. The van der Waals surface area contributed by atoms with Gasteiger partial charge in [0.15, 0.2) is 0 Å². The van der Waals surface area contributed by atoms with E-state index in [1.165, 1.54) is 5.01 Å². The van der Waals surface area contributed by atoms with E-state index >= 15 is 0 Å². The van der Waals surface area contributed by atoms with Crippen molar-refractivity contribution < 1.29 is 19.3 Å². The predicted molar refractivity (Wildman–Crippen MR) is 153 cm³/mol. The average Bonchev–Trinajstić information content (AvgIpc) is 2.94. The third kappa shape index (κ3) is 6.75. The van der Waals surface area contributed by atoms with Crippen LogP contribution in [-0.4, -0.2) is 87.2 Å². The van der Waals surface area contributed by atoms with Gasteiger partial charge in [-0.1, -0.05) is 54.6 Å². The topological polar surface area (TPSA) is 97.3 Å². The number of hydrogen-bond acceptors (Lipinski definition) is 7. The van der Waals surface area contributed by atoms with Gasteiger partial charge in [0, 0.05) is 46.2 Å². The number of fused-ring (bicyclic) bond motifs is 1. The number of nitrogens with zero attached hydrogens (tertiary/aromatic N) is 5. The molecule has 3 atom stereocenters. The molecule has 1 N–H and O–H groups in total. The summed E-state index contributed by atoms with van der Waals surface area (Å²) in [5.74, 6) is -0.227. The number of aldehydes is 1. The molecule has 1 aromatic heterocycles. The minimum absolute atomic E-state index is 0.0288. The van der Waals surface area contributed by atoms with Gasteiger partial charge in [0.1, 0.15) is 12.5 Å². The fourth-order valence-corrected chi connectivity index (χ4v) is 5.51. The number of amides is 2. The highest BCUT2D eigenvalue weighted by atomic mass is 31.1. The zero-order valence-electron chi connectivity index (χ0n) is 22.0. The molecule has 3 aromatic rings. The summed E-state index contributed by atoms with van der Waals surface area (Å²) in [7, 11) is 1.76. The van der Waals surface area contributed by atoms with Crippen LogP contribution in [0.5, 0.6) is 0 Å². The molecule has 39 heavy (non-hydrogen) atoms. The largest absolute Gasteiger partial charge is 0.377 e. The highest BCUT2D eigenvalue weighted by molar-refractivity contribution is 7.30. The Labute approximate surface area is 230 Å². The second kappa shape index (κ2) is 13.5. The van der Waals surface area contributed by atoms with Gasteiger partial charge in [0.25, 0.3) is 0 Å². The molecule has 10 heteroatoms. The van der Waals surface area contributed by atoms with Crippen LogP contribution in [-0.2, 0) is 33.5 Å². The number of carbonyl (C=O) groups is 3. The minimum Gasteiger partial charge on any atom is -0.377 e. The van der Waals surface area contributed by atoms with Gasteiger partial charge in [-0.05, 0) is 36.2 Å². The average molecular weight is 548 g/mol.